The molecule has 2 atom stereocenters. The molecule has 1 aliphatic rings. The average molecular weight is 465 g/mol. The molecule has 1 saturated carbocycles. The van der Waals surface area contributed by atoms with Gasteiger partial charge in [0, 0.05) is 17.4 Å². The van der Waals surface area contributed by atoms with E-state index in [0.29, 0.717) is 60.1 Å². The highest BCUT2D eigenvalue weighted by atomic mass is 19.1. The van der Waals surface area contributed by atoms with Crippen LogP contribution in [0.5, 0.6) is 0 Å². The number of carbonyl (C=O) groups excluding carboxylic acids is 1. The van der Waals surface area contributed by atoms with E-state index >= 15 is 0 Å². The molecule has 0 spiro atoms. The Kier molecular flexibility index (Phi) is 6.08. The van der Waals surface area contributed by atoms with E-state index in [0.717, 1.165) is 11.1 Å². The van der Waals surface area contributed by atoms with E-state index in [1.807, 2.05) is 37.4 Å². The number of ether oxygens (including phenoxy) is 1. The van der Waals surface area contributed by atoms with Gasteiger partial charge in [-0.1, -0.05) is 23.4 Å². The summed E-state index contributed by atoms with van der Waals surface area (Å²) in [4.78, 5) is 17.4. The van der Waals surface area contributed by atoms with Crippen molar-refractivity contribution in [2.45, 2.75) is 31.9 Å². The summed E-state index contributed by atoms with van der Waals surface area (Å²) in [5, 5.41) is 20.0. The number of hydrogen-bond acceptors (Lipinski definition) is 7. The fourth-order valence-corrected chi connectivity index (χ4v) is 3.71. The Morgan fingerprint density at radius 3 is 2.97 bits per heavy atom. The molecule has 10 heteroatoms. The maximum atomic E-state index is 13.3. The minimum atomic E-state index is -0.914. The Morgan fingerprint density at radius 1 is 1.32 bits per heavy atom. The lowest BCUT2D eigenvalue weighted by molar-refractivity contribution is 0.0944. The molecule has 3 heterocycles. The van der Waals surface area contributed by atoms with Crippen LogP contribution in [0.4, 0.5) is 10.1 Å². The molecular weight excluding hydrogens is 441 g/mol. The van der Waals surface area contributed by atoms with Crippen LogP contribution in [0, 0.1) is 6.92 Å². The molecule has 1 aromatic carbocycles. The van der Waals surface area contributed by atoms with Crippen molar-refractivity contribution >= 4 is 17.1 Å². The van der Waals surface area contributed by atoms with E-state index in [2.05, 4.69) is 20.6 Å². The number of halogens is 1. The first-order valence-electron chi connectivity index (χ1n) is 11.1. The third-order valence-electron chi connectivity index (χ3n) is 5.81. The van der Waals surface area contributed by atoms with Gasteiger partial charge in [-0.15, -0.1) is 0 Å². The van der Waals surface area contributed by atoms with Crippen molar-refractivity contribution in [2.24, 2.45) is 0 Å². The molecule has 2 N–H and O–H groups in total. The molecule has 34 heavy (non-hydrogen) atoms. The van der Waals surface area contributed by atoms with E-state index in [4.69, 9.17) is 14.4 Å². The van der Waals surface area contributed by atoms with Gasteiger partial charge in [0.2, 0.25) is 11.7 Å². The number of amides is 1. The zero-order valence-electron chi connectivity index (χ0n) is 18.6. The van der Waals surface area contributed by atoms with Gasteiger partial charge >= 0.3 is 0 Å². The fraction of sp³-hybridized carbons (Fsp3) is 0.333. The summed E-state index contributed by atoms with van der Waals surface area (Å²) in [5.74, 6) is 0.0619. The second-order valence-corrected chi connectivity index (χ2v) is 8.31. The molecule has 1 fully saturated rings. The Balaban J connectivity index is 1.32. The number of nitrogens with one attached hydrogen (secondary N) is 1. The SMILES string of the molecule is Cc1ccc(-c2noc([C@H]3C[C@@H]3F)n2)cc1NC(=O)c1cnn2cc(CCOCCO)ccc12. The normalized spacial score (nSPS) is 17.3. The molecule has 176 valence electrons. The van der Waals surface area contributed by atoms with Gasteiger partial charge in [0.05, 0.1) is 43.0 Å². The highest BCUT2D eigenvalue weighted by molar-refractivity contribution is 6.09. The maximum Gasteiger partial charge on any atom is 0.259 e. The van der Waals surface area contributed by atoms with E-state index < -0.39 is 6.17 Å². The number of aliphatic hydroxyl groups is 1. The number of benzene rings is 1. The maximum absolute atomic E-state index is 13.3. The molecule has 0 aliphatic heterocycles. The van der Waals surface area contributed by atoms with Crippen LogP contribution in [-0.4, -0.2) is 56.8 Å². The fourth-order valence-electron chi connectivity index (χ4n) is 3.71. The third-order valence-corrected chi connectivity index (χ3v) is 5.81. The second kappa shape index (κ2) is 9.32. The molecule has 0 unspecified atom stereocenters. The molecule has 3 aromatic heterocycles. The summed E-state index contributed by atoms with van der Waals surface area (Å²) in [6.45, 7) is 2.68. The summed E-state index contributed by atoms with van der Waals surface area (Å²) >= 11 is 0. The molecule has 1 aliphatic carbocycles. The Bertz CT molecular complexity index is 1330. The Morgan fingerprint density at radius 2 is 2.18 bits per heavy atom. The Labute approximate surface area is 194 Å². The van der Waals surface area contributed by atoms with Gasteiger partial charge < -0.3 is 19.7 Å². The first-order valence-corrected chi connectivity index (χ1v) is 11.1. The van der Waals surface area contributed by atoms with Crippen LogP contribution in [0.3, 0.4) is 0 Å². The topological polar surface area (TPSA) is 115 Å². The minimum Gasteiger partial charge on any atom is -0.394 e. The van der Waals surface area contributed by atoms with Gasteiger partial charge in [-0.3, -0.25) is 4.79 Å². The number of nitrogens with zero attached hydrogens (tertiary/aromatic N) is 4. The van der Waals surface area contributed by atoms with Crippen LogP contribution < -0.4 is 5.32 Å². The van der Waals surface area contributed by atoms with Crippen LogP contribution >= 0.6 is 0 Å². The summed E-state index contributed by atoms with van der Waals surface area (Å²) in [6, 6.07) is 9.25. The van der Waals surface area contributed by atoms with Gasteiger partial charge in [-0.2, -0.15) is 10.1 Å². The quantitative estimate of drug-likeness (QED) is 0.365. The van der Waals surface area contributed by atoms with Crippen molar-refractivity contribution in [2.75, 3.05) is 25.1 Å². The first-order chi connectivity index (χ1) is 16.5. The van der Waals surface area contributed by atoms with Crippen molar-refractivity contribution in [3.63, 3.8) is 0 Å². The van der Waals surface area contributed by atoms with Gasteiger partial charge in [0.15, 0.2) is 0 Å². The number of hydrogen-bond donors (Lipinski definition) is 2. The van der Waals surface area contributed by atoms with Crippen molar-refractivity contribution in [1.29, 1.82) is 0 Å². The van der Waals surface area contributed by atoms with Crippen molar-refractivity contribution in [1.82, 2.24) is 19.8 Å². The zero-order chi connectivity index (χ0) is 23.7. The van der Waals surface area contributed by atoms with Crippen molar-refractivity contribution in [3.05, 3.63) is 65.3 Å². The van der Waals surface area contributed by atoms with E-state index in [1.54, 1.807) is 10.6 Å². The highest BCUT2D eigenvalue weighted by Crippen LogP contribution is 2.43. The van der Waals surface area contributed by atoms with Crippen molar-refractivity contribution < 1.29 is 23.6 Å². The number of aromatic nitrogens is 4. The number of pyridine rings is 1. The minimum absolute atomic E-state index is 0.00475. The molecule has 0 bridgehead atoms. The van der Waals surface area contributed by atoms with Crippen LogP contribution in [-0.2, 0) is 11.2 Å². The average Bonchev–Trinajstić information content (AvgIpc) is 3.22. The molecular formula is C24H24FN5O4. The van der Waals surface area contributed by atoms with Crippen LogP contribution in [0.15, 0.2) is 47.2 Å². The number of fused-ring (bicyclic) bond motifs is 1. The summed E-state index contributed by atoms with van der Waals surface area (Å²) in [6.07, 6.45) is 3.56. The number of carbonyl (C=O) groups is 1. The number of rotatable bonds is 9. The molecule has 1 amide bonds. The highest BCUT2D eigenvalue weighted by Gasteiger charge is 2.43. The molecule has 0 radical (unpaired) electrons. The zero-order valence-corrected chi connectivity index (χ0v) is 18.6. The van der Waals surface area contributed by atoms with E-state index in [1.165, 1.54) is 6.20 Å². The van der Waals surface area contributed by atoms with Crippen molar-refractivity contribution in [3.8, 4) is 11.4 Å². The summed E-state index contributed by atoms with van der Waals surface area (Å²) < 4.78 is 25.5. The lowest BCUT2D eigenvalue weighted by Gasteiger charge is -2.09. The van der Waals surface area contributed by atoms with Crippen LogP contribution in [0.1, 0.15) is 39.7 Å². The molecule has 0 saturated heterocycles. The van der Waals surface area contributed by atoms with Gasteiger partial charge in [0.1, 0.15) is 6.17 Å². The molecule has 4 aromatic rings. The van der Waals surface area contributed by atoms with Gasteiger partial charge in [0.25, 0.3) is 5.91 Å². The first kappa shape index (κ1) is 22.2. The number of aliphatic hydroxyl groups excluding tert-OH is 1. The predicted octanol–water partition coefficient (Wildman–Crippen LogP) is 3.32. The monoisotopic (exact) mass is 465 g/mol. The third kappa shape index (κ3) is 4.55. The van der Waals surface area contributed by atoms with E-state index in [-0.39, 0.29) is 18.4 Å². The summed E-state index contributed by atoms with van der Waals surface area (Å²) in [7, 11) is 0. The number of anilines is 1. The summed E-state index contributed by atoms with van der Waals surface area (Å²) in [5.41, 5.74) is 4.28. The lowest BCUT2D eigenvalue weighted by Crippen LogP contribution is -2.12. The predicted molar refractivity (Wildman–Crippen MR) is 121 cm³/mol. The van der Waals surface area contributed by atoms with Crippen LogP contribution in [0.25, 0.3) is 16.9 Å². The van der Waals surface area contributed by atoms with Gasteiger partial charge in [-0.25, -0.2) is 8.91 Å². The lowest BCUT2D eigenvalue weighted by atomic mass is 10.1. The van der Waals surface area contributed by atoms with Crippen LogP contribution in [0.2, 0.25) is 0 Å². The second-order valence-electron chi connectivity index (χ2n) is 8.31. The molecule has 5 rings (SSSR count). The number of alkyl halides is 1. The standard InChI is InChI=1S/C24H24FN5O4/c1-14-2-4-16(22-28-24(34-29-22)17-11-19(17)25)10-20(14)27-23(32)18-12-26-30-13-15(3-5-21(18)30)6-8-33-9-7-31/h2-5,10,12-13,17,19,31H,6-9,11H2,1H3,(H,27,32)/t17-,19-/m0/s1. The number of aryl methyl sites for hydroxylation is 1. The largest absolute Gasteiger partial charge is 0.394 e. The molecule has 9 nitrogen and oxygen atoms in total. The van der Waals surface area contributed by atoms with Gasteiger partial charge in [-0.05, 0) is 43.0 Å². The Hall–Kier alpha value is -3.63. The van der Waals surface area contributed by atoms with E-state index in [9.17, 15) is 9.18 Å². The smallest absolute Gasteiger partial charge is 0.259 e.